The molecule has 2 unspecified atom stereocenters. The summed E-state index contributed by atoms with van der Waals surface area (Å²) >= 11 is 0. The molecule has 0 aromatic heterocycles. The second kappa shape index (κ2) is 7.30. The summed E-state index contributed by atoms with van der Waals surface area (Å²) in [7, 11) is 0. The maximum absolute atomic E-state index is 9.92. The number of ether oxygens (including phenoxy) is 2. The smallest absolute Gasteiger partial charge is 0.119 e. The molecule has 0 radical (unpaired) electrons. The van der Waals surface area contributed by atoms with Crippen molar-refractivity contribution in [2.75, 3.05) is 13.2 Å². The van der Waals surface area contributed by atoms with Crippen LogP contribution in [-0.4, -0.2) is 24.4 Å². The van der Waals surface area contributed by atoms with Gasteiger partial charge in [-0.25, -0.2) is 0 Å². The van der Waals surface area contributed by atoms with Crippen molar-refractivity contribution in [2.45, 2.75) is 39.4 Å². The Kier molecular flexibility index (Phi) is 6.01. The zero-order chi connectivity index (χ0) is 12.7. The molecule has 1 rings (SSSR count). The van der Waals surface area contributed by atoms with E-state index >= 15 is 0 Å². The van der Waals surface area contributed by atoms with Gasteiger partial charge < -0.3 is 14.6 Å². The van der Waals surface area contributed by atoms with Gasteiger partial charge in [0.05, 0.1) is 19.3 Å². The molecule has 0 amide bonds. The molecule has 3 nitrogen and oxygen atoms in total. The second-order valence-electron chi connectivity index (χ2n) is 4.07. The van der Waals surface area contributed by atoms with Gasteiger partial charge in [0.15, 0.2) is 0 Å². The first kappa shape index (κ1) is 14.0. The Morgan fingerprint density at radius 1 is 1.18 bits per heavy atom. The van der Waals surface area contributed by atoms with Crippen LogP contribution >= 0.6 is 0 Å². The monoisotopic (exact) mass is 238 g/mol. The molecule has 1 aromatic carbocycles. The van der Waals surface area contributed by atoms with Crippen LogP contribution in [0.25, 0.3) is 0 Å². The van der Waals surface area contributed by atoms with Gasteiger partial charge in [0.25, 0.3) is 0 Å². The summed E-state index contributed by atoms with van der Waals surface area (Å²) in [6, 6.07) is 7.47. The predicted molar refractivity (Wildman–Crippen MR) is 68.3 cm³/mol. The van der Waals surface area contributed by atoms with Crippen LogP contribution in [0.1, 0.15) is 38.9 Å². The molecule has 0 fully saturated rings. The Balaban J connectivity index is 2.48. The Labute approximate surface area is 103 Å². The Morgan fingerprint density at radius 3 is 2.35 bits per heavy atom. The van der Waals surface area contributed by atoms with Crippen LogP contribution in [0.5, 0.6) is 5.75 Å². The van der Waals surface area contributed by atoms with Gasteiger partial charge in [-0.05, 0) is 38.0 Å². The molecule has 96 valence electrons. The molecule has 17 heavy (non-hydrogen) atoms. The third-order valence-electron chi connectivity index (χ3n) is 2.69. The summed E-state index contributed by atoms with van der Waals surface area (Å²) in [4.78, 5) is 0. The van der Waals surface area contributed by atoms with E-state index in [-0.39, 0.29) is 6.10 Å². The van der Waals surface area contributed by atoms with E-state index in [4.69, 9.17) is 9.47 Å². The fourth-order valence-electron chi connectivity index (χ4n) is 1.42. The Hall–Kier alpha value is -1.06. The van der Waals surface area contributed by atoms with Crippen LogP contribution in [0.3, 0.4) is 0 Å². The molecule has 0 saturated heterocycles. The lowest BCUT2D eigenvalue weighted by molar-refractivity contribution is -0.00376. The summed E-state index contributed by atoms with van der Waals surface area (Å²) in [5.74, 6) is 0.825. The fourth-order valence-corrected chi connectivity index (χ4v) is 1.42. The van der Waals surface area contributed by atoms with Crippen LogP contribution in [0.15, 0.2) is 24.3 Å². The van der Waals surface area contributed by atoms with Gasteiger partial charge in [-0.3, -0.25) is 0 Å². The van der Waals surface area contributed by atoms with Crippen molar-refractivity contribution in [1.82, 2.24) is 0 Å². The van der Waals surface area contributed by atoms with Crippen LogP contribution in [-0.2, 0) is 4.74 Å². The van der Waals surface area contributed by atoms with Crippen molar-refractivity contribution >= 4 is 0 Å². The molecule has 3 heteroatoms. The van der Waals surface area contributed by atoms with Gasteiger partial charge in [0, 0.05) is 0 Å². The summed E-state index contributed by atoms with van der Waals surface area (Å²) in [6.45, 7) is 7.00. The lowest BCUT2D eigenvalue weighted by atomic mass is 10.1. The summed E-state index contributed by atoms with van der Waals surface area (Å²) in [5.41, 5.74) is 0.858. The SMILES string of the molecule is CCOc1ccc(C(O)COC(C)CC)cc1. The lowest BCUT2D eigenvalue weighted by Gasteiger charge is -2.15. The number of hydrogen-bond acceptors (Lipinski definition) is 3. The molecule has 0 aliphatic rings. The topological polar surface area (TPSA) is 38.7 Å². The van der Waals surface area contributed by atoms with Crippen molar-refractivity contribution in [3.63, 3.8) is 0 Å². The van der Waals surface area contributed by atoms with E-state index < -0.39 is 6.10 Å². The molecular weight excluding hydrogens is 216 g/mol. The number of rotatable bonds is 7. The quantitative estimate of drug-likeness (QED) is 0.793. The molecule has 1 N–H and O–H groups in total. The largest absolute Gasteiger partial charge is 0.494 e. The maximum Gasteiger partial charge on any atom is 0.119 e. The van der Waals surface area contributed by atoms with Gasteiger partial charge in [-0.15, -0.1) is 0 Å². The van der Waals surface area contributed by atoms with Crippen LogP contribution in [0, 0.1) is 0 Å². The zero-order valence-electron chi connectivity index (χ0n) is 10.8. The highest BCUT2D eigenvalue weighted by Gasteiger charge is 2.09. The van der Waals surface area contributed by atoms with Gasteiger partial charge in [0.1, 0.15) is 11.9 Å². The van der Waals surface area contributed by atoms with Crippen molar-refractivity contribution in [1.29, 1.82) is 0 Å². The van der Waals surface area contributed by atoms with Gasteiger partial charge in [-0.2, -0.15) is 0 Å². The molecule has 0 saturated carbocycles. The zero-order valence-corrected chi connectivity index (χ0v) is 10.8. The highest BCUT2D eigenvalue weighted by molar-refractivity contribution is 5.28. The molecule has 0 spiro atoms. The third kappa shape index (κ3) is 4.75. The highest BCUT2D eigenvalue weighted by Crippen LogP contribution is 2.18. The molecular formula is C14H22O3. The molecule has 0 heterocycles. The predicted octanol–water partition coefficient (Wildman–Crippen LogP) is 2.93. The number of hydrogen-bond donors (Lipinski definition) is 1. The molecule has 0 aliphatic carbocycles. The maximum atomic E-state index is 9.92. The summed E-state index contributed by atoms with van der Waals surface area (Å²) in [5, 5.41) is 9.92. The summed E-state index contributed by atoms with van der Waals surface area (Å²) < 4.78 is 10.8. The van der Waals surface area contributed by atoms with Crippen molar-refractivity contribution in [2.24, 2.45) is 0 Å². The minimum Gasteiger partial charge on any atom is -0.494 e. The molecule has 0 aliphatic heterocycles. The second-order valence-corrected chi connectivity index (χ2v) is 4.07. The van der Waals surface area contributed by atoms with Gasteiger partial charge in [-0.1, -0.05) is 19.1 Å². The van der Waals surface area contributed by atoms with Crippen LogP contribution in [0.4, 0.5) is 0 Å². The number of aliphatic hydroxyl groups excluding tert-OH is 1. The first-order chi connectivity index (χ1) is 8.17. The van der Waals surface area contributed by atoms with Gasteiger partial charge >= 0.3 is 0 Å². The van der Waals surface area contributed by atoms with Crippen molar-refractivity contribution in [3.05, 3.63) is 29.8 Å². The van der Waals surface area contributed by atoms with E-state index in [9.17, 15) is 5.11 Å². The molecule has 0 bridgehead atoms. The van der Waals surface area contributed by atoms with Crippen molar-refractivity contribution in [3.8, 4) is 5.75 Å². The van der Waals surface area contributed by atoms with E-state index in [1.807, 2.05) is 38.1 Å². The lowest BCUT2D eigenvalue weighted by Crippen LogP contribution is -2.13. The summed E-state index contributed by atoms with van der Waals surface area (Å²) in [6.07, 6.45) is 0.572. The fraction of sp³-hybridized carbons (Fsp3) is 0.571. The average molecular weight is 238 g/mol. The normalized spacial score (nSPS) is 14.4. The highest BCUT2D eigenvalue weighted by atomic mass is 16.5. The van der Waals surface area contributed by atoms with Crippen molar-refractivity contribution < 1.29 is 14.6 Å². The number of benzene rings is 1. The minimum absolute atomic E-state index is 0.187. The van der Waals surface area contributed by atoms with Gasteiger partial charge in [0.2, 0.25) is 0 Å². The Bertz CT molecular complexity index is 308. The molecule has 1 aromatic rings. The molecule has 2 atom stereocenters. The van der Waals surface area contributed by atoms with E-state index in [0.717, 1.165) is 17.7 Å². The standard InChI is InChI=1S/C14H22O3/c1-4-11(3)17-10-14(15)12-6-8-13(9-7-12)16-5-2/h6-9,11,14-15H,4-5,10H2,1-3H3. The Morgan fingerprint density at radius 2 is 1.82 bits per heavy atom. The van der Waals surface area contributed by atoms with E-state index in [2.05, 4.69) is 6.92 Å². The van der Waals surface area contributed by atoms with E-state index in [0.29, 0.717) is 13.2 Å². The minimum atomic E-state index is -0.570. The van der Waals surface area contributed by atoms with Crippen LogP contribution < -0.4 is 4.74 Å². The third-order valence-corrected chi connectivity index (χ3v) is 2.69. The first-order valence-corrected chi connectivity index (χ1v) is 6.19. The first-order valence-electron chi connectivity index (χ1n) is 6.19. The average Bonchev–Trinajstić information content (AvgIpc) is 2.36. The number of aliphatic hydroxyl groups is 1. The van der Waals surface area contributed by atoms with E-state index in [1.54, 1.807) is 0 Å². The van der Waals surface area contributed by atoms with E-state index in [1.165, 1.54) is 0 Å². The van der Waals surface area contributed by atoms with Crippen LogP contribution in [0.2, 0.25) is 0 Å².